The third-order valence-corrected chi connectivity index (χ3v) is 1.74. The number of ether oxygens (including phenoxy) is 1. The summed E-state index contributed by atoms with van der Waals surface area (Å²) in [6.45, 7) is -0.467. The van der Waals surface area contributed by atoms with E-state index in [0.717, 1.165) is 0 Å². The second-order valence-corrected chi connectivity index (χ2v) is 2.87. The maximum atomic E-state index is 13.3. The zero-order valence-corrected chi connectivity index (χ0v) is 8.06. The number of pyridine rings is 1. The Morgan fingerprint density at radius 3 is 2.35 bits per heavy atom. The number of nitrogens with two attached hydrogens (primary N) is 1. The first kappa shape index (κ1) is 13.6. The predicted octanol–water partition coefficient (Wildman–Crippen LogP) is 2.52. The molecule has 0 bridgehead atoms. The molecule has 1 aromatic heterocycles. The van der Waals surface area contributed by atoms with Crippen LogP contribution >= 0.6 is 0 Å². The van der Waals surface area contributed by atoms with Crippen LogP contribution in [0.2, 0.25) is 0 Å². The van der Waals surface area contributed by atoms with E-state index in [4.69, 9.17) is 5.73 Å². The van der Waals surface area contributed by atoms with Crippen LogP contribution < -0.4 is 10.5 Å². The molecular weight excluding hydrogens is 254 g/mol. The van der Waals surface area contributed by atoms with Crippen molar-refractivity contribution in [2.24, 2.45) is 5.73 Å². The number of rotatable bonds is 3. The first-order valence-corrected chi connectivity index (χ1v) is 4.17. The Morgan fingerprint density at radius 2 is 1.94 bits per heavy atom. The van der Waals surface area contributed by atoms with Crippen molar-refractivity contribution in [2.75, 3.05) is 0 Å². The molecular formula is C8H6F6N2O. The quantitative estimate of drug-likeness (QED) is 0.849. The molecule has 1 aromatic rings. The molecule has 0 atom stereocenters. The van der Waals surface area contributed by atoms with Gasteiger partial charge in [-0.1, -0.05) is 0 Å². The van der Waals surface area contributed by atoms with Gasteiger partial charge in [-0.3, -0.25) is 0 Å². The number of hydrogen-bond acceptors (Lipinski definition) is 3. The summed E-state index contributed by atoms with van der Waals surface area (Å²) in [6.07, 6.45) is -8.11. The summed E-state index contributed by atoms with van der Waals surface area (Å²) in [5.74, 6) is -3.06. The summed E-state index contributed by atoms with van der Waals surface area (Å²) < 4.78 is 76.9. The average Bonchev–Trinajstić information content (AvgIpc) is 2.14. The molecule has 2 N–H and O–H groups in total. The van der Waals surface area contributed by atoms with Gasteiger partial charge < -0.3 is 10.5 Å². The molecule has 0 saturated carbocycles. The van der Waals surface area contributed by atoms with Crippen LogP contribution in [0.15, 0.2) is 6.20 Å². The van der Waals surface area contributed by atoms with E-state index in [0.29, 0.717) is 6.20 Å². The standard InChI is InChI=1S/C8H6F6N2O/c9-5-3(1-15)2-16-7(4(5)6(10)11)17-8(12,13)14/h2,6H,1,15H2. The summed E-state index contributed by atoms with van der Waals surface area (Å²) in [5.41, 5.74) is 3.04. The van der Waals surface area contributed by atoms with Crippen LogP contribution in [-0.2, 0) is 6.54 Å². The van der Waals surface area contributed by atoms with Crippen molar-refractivity contribution >= 4 is 0 Å². The molecule has 0 radical (unpaired) electrons. The van der Waals surface area contributed by atoms with E-state index in [2.05, 4.69) is 9.72 Å². The molecule has 0 saturated heterocycles. The highest BCUT2D eigenvalue weighted by molar-refractivity contribution is 5.33. The van der Waals surface area contributed by atoms with Gasteiger partial charge >= 0.3 is 6.36 Å². The number of alkyl halides is 5. The molecule has 1 heterocycles. The third kappa shape index (κ3) is 3.22. The summed E-state index contributed by atoms with van der Waals surface area (Å²) in [6, 6.07) is 0. The predicted molar refractivity (Wildman–Crippen MR) is 43.7 cm³/mol. The van der Waals surface area contributed by atoms with E-state index >= 15 is 0 Å². The molecule has 0 spiro atoms. The maximum absolute atomic E-state index is 13.3. The lowest BCUT2D eigenvalue weighted by Crippen LogP contribution is -2.20. The number of nitrogens with zero attached hydrogens (tertiary/aromatic N) is 1. The molecule has 0 unspecified atom stereocenters. The lowest BCUT2D eigenvalue weighted by atomic mass is 10.2. The van der Waals surface area contributed by atoms with Gasteiger partial charge in [-0.05, 0) is 0 Å². The van der Waals surface area contributed by atoms with Crippen molar-refractivity contribution in [1.82, 2.24) is 4.98 Å². The van der Waals surface area contributed by atoms with E-state index in [1.165, 1.54) is 0 Å². The highest BCUT2D eigenvalue weighted by Gasteiger charge is 2.35. The number of halogens is 6. The molecule has 3 nitrogen and oxygen atoms in total. The highest BCUT2D eigenvalue weighted by Crippen LogP contribution is 2.34. The van der Waals surface area contributed by atoms with Gasteiger partial charge in [-0.2, -0.15) is 0 Å². The van der Waals surface area contributed by atoms with Crippen molar-refractivity contribution in [2.45, 2.75) is 19.3 Å². The first-order valence-electron chi connectivity index (χ1n) is 4.17. The van der Waals surface area contributed by atoms with Crippen LogP contribution in [0.25, 0.3) is 0 Å². The molecule has 0 amide bonds. The summed E-state index contributed by atoms with van der Waals surface area (Å²) in [5, 5.41) is 0. The zero-order valence-electron chi connectivity index (χ0n) is 8.06. The van der Waals surface area contributed by atoms with Crippen LogP contribution in [-0.4, -0.2) is 11.3 Å². The maximum Gasteiger partial charge on any atom is 0.574 e. The van der Waals surface area contributed by atoms with E-state index in [1.807, 2.05) is 0 Å². The fourth-order valence-corrected chi connectivity index (χ4v) is 1.05. The Bertz CT molecular complexity index is 406. The molecule has 17 heavy (non-hydrogen) atoms. The van der Waals surface area contributed by atoms with E-state index in [1.54, 1.807) is 0 Å². The molecule has 0 aliphatic rings. The second kappa shape index (κ2) is 4.78. The van der Waals surface area contributed by atoms with Gasteiger partial charge in [0.05, 0.1) is 0 Å². The fraction of sp³-hybridized carbons (Fsp3) is 0.375. The van der Waals surface area contributed by atoms with Crippen LogP contribution in [0.4, 0.5) is 26.3 Å². The number of aromatic nitrogens is 1. The summed E-state index contributed by atoms with van der Waals surface area (Å²) >= 11 is 0. The van der Waals surface area contributed by atoms with Crippen LogP contribution in [0, 0.1) is 5.82 Å². The number of hydrogen-bond donors (Lipinski definition) is 1. The van der Waals surface area contributed by atoms with Gasteiger partial charge in [-0.25, -0.2) is 18.2 Å². The normalized spacial score (nSPS) is 12.0. The molecule has 0 aliphatic carbocycles. The monoisotopic (exact) mass is 260 g/mol. The minimum atomic E-state index is -5.23. The second-order valence-electron chi connectivity index (χ2n) is 2.87. The lowest BCUT2D eigenvalue weighted by Gasteiger charge is -2.13. The largest absolute Gasteiger partial charge is 0.574 e. The Kier molecular flexibility index (Phi) is 3.81. The topological polar surface area (TPSA) is 48.1 Å². The zero-order chi connectivity index (χ0) is 13.2. The van der Waals surface area contributed by atoms with Crippen molar-refractivity contribution in [3.8, 4) is 5.88 Å². The Hall–Kier alpha value is -1.51. The summed E-state index contributed by atoms with van der Waals surface area (Å²) in [7, 11) is 0. The van der Waals surface area contributed by atoms with Crippen molar-refractivity contribution in [3.05, 3.63) is 23.1 Å². The van der Waals surface area contributed by atoms with Crippen LogP contribution in [0.1, 0.15) is 17.6 Å². The van der Waals surface area contributed by atoms with E-state index in [-0.39, 0.29) is 0 Å². The van der Waals surface area contributed by atoms with E-state index < -0.39 is 42.2 Å². The molecule has 9 heteroatoms. The van der Waals surface area contributed by atoms with Gasteiger partial charge in [-0.15, -0.1) is 13.2 Å². The molecule has 0 aromatic carbocycles. The van der Waals surface area contributed by atoms with Crippen molar-refractivity contribution in [1.29, 1.82) is 0 Å². The average molecular weight is 260 g/mol. The molecule has 96 valence electrons. The lowest BCUT2D eigenvalue weighted by molar-refractivity contribution is -0.276. The molecule has 0 aliphatic heterocycles. The third-order valence-electron chi connectivity index (χ3n) is 1.74. The Morgan fingerprint density at radius 1 is 1.35 bits per heavy atom. The fourth-order valence-electron chi connectivity index (χ4n) is 1.05. The first-order chi connectivity index (χ1) is 7.76. The van der Waals surface area contributed by atoms with Gasteiger partial charge in [0.1, 0.15) is 11.4 Å². The van der Waals surface area contributed by atoms with E-state index in [9.17, 15) is 26.3 Å². The van der Waals surface area contributed by atoms with Gasteiger partial charge in [0.15, 0.2) is 0 Å². The molecule has 1 rings (SSSR count). The highest BCUT2D eigenvalue weighted by atomic mass is 19.4. The van der Waals surface area contributed by atoms with Gasteiger partial charge in [0, 0.05) is 18.3 Å². The Balaban J connectivity index is 3.27. The van der Waals surface area contributed by atoms with Crippen LogP contribution in [0.5, 0.6) is 5.88 Å². The Labute approximate surface area is 91.2 Å². The van der Waals surface area contributed by atoms with Crippen LogP contribution in [0.3, 0.4) is 0 Å². The smallest absolute Gasteiger partial charge is 0.387 e. The minimum Gasteiger partial charge on any atom is -0.387 e. The molecule has 0 fully saturated rings. The minimum absolute atomic E-state index is 0.421. The van der Waals surface area contributed by atoms with Crippen molar-refractivity contribution in [3.63, 3.8) is 0 Å². The summed E-state index contributed by atoms with van der Waals surface area (Å²) in [4.78, 5) is 2.97. The van der Waals surface area contributed by atoms with Crippen molar-refractivity contribution < 1.29 is 31.1 Å². The van der Waals surface area contributed by atoms with Gasteiger partial charge in [0.2, 0.25) is 5.88 Å². The SMILES string of the molecule is NCc1cnc(OC(F)(F)F)c(C(F)F)c1F. The van der Waals surface area contributed by atoms with Gasteiger partial charge in [0.25, 0.3) is 6.43 Å².